The number of hydrogen-bond acceptors (Lipinski definition) is 2. The van der Waals surface area contributed by atoms with Gasteiger partial charge in [0.25, 0.3) is 0 Å². The summed E-state index contributed by atoms with van der Waals surface area (Å²) >= 11 is 0. The molecule has 0 bridgehead atoms. The topological polar surface area (TPSA) is 46.5 Å². The molecule has 94 valence electrons. The van der Waals surface area contributed by atoms with Crippen LogP contribution in [-0.4, -0.2) is 18.2 Å². The van der Waals surface area contributed by atoms with Crippen molar-refractivity contribution >= 4 is 5.97 Å². The monoisotopic (exact) mass is 236 g/mol. The van der Waals surface area contributed by atoms with Crippen molar-refractivity contribution in [2.75, 3.05) is 7.11 Å². The zero-order valence-electron chi connectivity index (χ0n) is 11.1. The second-order valence-corrected chi connectivity index (χ2v) is 5.31. The maximum absolute atomic E-state index is 10.8. The molecule has 1 aromatic carbocycles. The molecule has 0 aliphatic rings. The normalized spacial score (nSPS) is 11.4. The minimum atomic E-state index is -0.811. The highest BCUT2D eigenvalue weighted by Crippen LogP contribution is 2.34. The van der Waals surface area contributed by atoms with Gasteiger partial charge in [-0.25, -0.2) is 0 Å². The van der Waals surface area contributed by atoms with Gasteiger partial charge in [0.15, 0.2) is 0 Å². The molecule has 1 N–H and O–H groups in total. The Balaban J connectivity index is 3.34. The van der Waals surface area contributed by atoms with Crippen LogP contribution in [0.3, 0.4) is 0 Å². The first-order valence-corrected chi connectivity index (χ1v) is 5.65. The van der Waals surface area contributed by atoms with E-state index in [1.807, 2.05) is 19.1 Å². The summed E-state index contributed by atoms with van der Waals surface area (Å²) in [5, 5.41) is 8.85. The largest absolute Gasteiger partial charge is 0.496 e. The fourth-order valence-corrected chi connectivity index (χ4v) is 1.95. The number of rotatable bonds is 3. The zero-order valence-corrected chi connectivity index (χ0v) is 11.1. The van der Waals surface area contributed by atoms with Gasteiger partial charge >= 0.3 is 5.97 Å². The number of hydrogen-bond donors (Lipinski definition) is 1. The Morgan fingerprint density at radius 2 is 1.94 bits per heavy atom. The summed E-state index contributed by atoms with van der Waals surface area (Å²) in [7, 11) is 1.65. The van der Waals surface area contributed by atoms with Crippen LogP contribution in [0.25, 0.3) is 0 Å². The molecule has 0 fully saturated rings. The van der Waals surface area contributed by atoms with E-state index in [0.29, 0.717) is 0 Å². The van der Waals surface area contributed by atoms with Gasteiger partial charge in [-0.05, 0) is 23.5 Å². The zero-order chi connectivity index (χ0) is 13.2. The molecule has 0 radical (unpaired) electrons. The van der Waals surface area contributed by atoms with E-state index in [1.165, 1.54) is 0 Å². The minimum Gasteiger partial charge on any atom is -0.496 e. The van der Waals surface area contributed by atoms with Crippen LogP contribution in [0.5, 0.6) is 5.75 Å². The SMILES string of the molecule is COc1c(C)cc(CC(=O)O)cc1C(C)(C)C. The van der Waals surface area contributed by atoms with Gasteiger partial charge in [0, 0.05) is 5.56 Å². The van der Waals surface area contributed by atoms with Gasteiger partial charge in [-0.3, -0.25) is 4.79 Å². The first kappa shape index (κ1) is 13.6. The number of carboxylic acids is 1. The molecule has 3 nitrogen and oxygen atoms in total. The van der Waals surface area contributed by atoms with Gasteiger partial charge in [-0.1, -0.05) is 32.9 Å². The van der Waals surface area contributed by atoms with Crippen LogP contribution in [0.1, 0.15) is 37.5 Å². The number of aliphatic carboxylic acids is 1. The van der Waals surface area contributed by atoms with E-state index in [1.54, 1.807) is 7.11 Å². The third-order valence-corrected chi connectivity index (χ3v) is 2.70. The molecular formula is C14H20O3. The number of aryl methyl sites for hydroxylation is 1. The van der Waals surface area contributed by atoms with Crippen LogP contribution in [0.15, 0.2) is 12.1 Å². The fraction of sp³-hybridized carbons (Fsp3) is 0.500. The number of carboxylic acid groups (broad SMARTS) is 1. The first-order valence-electron chi connectivity index (χ1n) is 5.65. The third-order valence-electron chi connectivity index (χ3n) is 2.70. The molecule has 0 atom stereocenters. The molecule has 0 aromatic heterocycles. The van der Waals surface area contributed by atoms with Crippen LogP contribution in [0.2, 0.25) is 0 Å². The third kappa shape index (κ3) is 3.22. The quantitative estimate of drug-likeness (QED) is 0.877. The molecule has 0 saturated carbocycles. The van der Waals surface area contributed by atoms with Crippen molar-refractivity contribution < 1.29 is 14.6 Å². The predicted octanol–water partition coefficient (Wildman–Crippen LogP) is 2.93. The second kappa shape index (κ2) is 4.78. The molecular weight excluding hydrogens is 216 g/mol. The molecule has 17 heavy (non-hydrogen) atoms. The first-order chi connectivity index (χ1) is 7.75. The van der Waals surface area contributed by atoms with Crippen LogP contribution in [0, 0.1) is 6.92 Å². The molecule has 1 aromatic rings. The van der Waals surface area contributed by atoms with Gasteiger partial charge in [-0.2, -0.15) is 0 Å². The molecule has 0 aliphatic heterocycles. The number of benzene rings is 1. The number of methoxy groups -OCH3 is 1. The molecule has 0 heterocycles. The lowest BCUT2D eigenvalue weighted by Crippen LogP contribution is -2.15. The lowest BCUT2D eigenvalue weighted by atomic mass is 9.84. The van der Waals surface area contributed by atoms with Crippen LogP contribution in [0.4, 0.5) is 0 Å². The van der Waals surface area contributed by atoms with E-state index in [4.69, 9.17) is 9.84 Å². The van der Waals surface area contributed by atoms with Gasteiger partial charge in [-0.15, -0.1) is 0 Å². The van der Waals surface area contributed by atoms with E-state index in [-0.39, 0.29) is 11.8 Å². The summed E-state index contributed by atoms with van der Waals surface area (Å²) in [6.07, 6.45) is 0.0495. The van der Waals surface area contributed by atoms with Gasteiger partial charge in [0.05, 0.1) is 13.5 Å². The molecule has 0 saturated heterocycles. The van der Waals surface area contributed by atoms with Crippen LogP contribution in [-0.2, 0) is 16.6 Å². The van der Waals surface area contributed by atoms with E-state index < -0.39 is 5.97 Å². The fourth-order valence-electron chi connectivity index (χ4n) is 1.95. The summed E-state index contributed by atoms with van der Waals surface area (Å²) < 4.78 is 5.42. The summed E-state index contributed by atoms with van der Waals surface area (Å²) in [6.45, 7) is 8.22. The maximum atomic E-state index is 10.8. The van der Waals surface area contributed by atoms with Crippen LogP contribution >= 0.6 is 0 Å². The van der Waals surface area contributed by atoms with Crippen molar-refractivity contribution in [3.8, 4) is 5.75 Å². The average Bonchev–Trinajstić information content (AvgIpc) is 2.14. The van der Waals surface area contributed by atoms with E-state index in [0.717, 1.165) is 22.4 Å². The van der Waals surface area contributed by atoms with Gasteiger partial charge in [0.2, 0.25) is 0 Å². The lowest BCUT2D eigenvalue weighted by molar-refractivity contribution is -0.136. The Morgan fingerprint density at radius 3 is 2.35 bits per heavy atom. The average molecular weight is 236 g/mol. The van der Waals surface area contributed by atoms with Crippen molar-refractivity contribution in [1.29, 1.82) is 0 Å². The van der Waals surface area contributed by atoms with E-state index in [2.05, 4.69) is 20.8 Å². The van der Waals surface area contributed by atoms with Gasteiger partial charge < -0.3 is 9.84 Å². The van der Waals surface area contributed by atoms with Gasteiger partial charge in [0.1, 0.15) is 5.75 Å². The minimum absolute atomic E-state index is 0.0495. The number of carbonyl (C=O) groups is 1. The molecule has 0 unspecified atom stereocenters. The summed E-state index contributed by atoms with van der Waals surface area (Å²) in [6, 6.07) is 3.81. The van der Waals surface area contributed by atoms with E-state index >= 15 is 0 Å². The van der Waals surface area contributed by atoms with Crippen molar-refractivity contribution in [3.05, 3.63) is 28.8 Å². The Hall–Kier alpha value is -1.51. The molecule has 0 spiro atoms. The molecule has 1 rings (SSSR count). The lowest BCUT2D eigenvalue weighted by Gasteiger charge is -2.24. The van der Waals surface area contributed by atoms with E-state index in [9.17, 15) is 4.79 Å². The highest BCUT2D eigenvalue weighted by atomic mass is 16.5. The molecule has 3 heteroatoms. The van der Waals surface area contributed by atoms with Crippen molar-refractivity contribution in [3.63, 3.8) is 0 Å². The highest BCUT2D eigenvalue weighted by molar-refractivity contribution is 5.70. The molecule has 0 amide bonds. The second-order valence-electron chi connectivity index (χ2n) is 5.31. The highest BCUT2D eigenvalue weighted by Gasteiger charge is 2.21. The maximum Gasteiger partial charge on any atom is 0.307 e. The number of ether oxygens (including phenoxy) is 1. The summed E-state index contributed by atoms with van der Waals surface area (Å²) in [5.74, 6) is 0.0427. The van der Waals surface area contributed by atoms with Crippen molar-refractivity contribution in [1.82, 2.24) is 0 Å². The standard InChI is InChI=1S/C14H20O3/c1-9-6-10(8-12(15)16)7-11(13(9)17-5)14(2,3)4/h6-7H,8H2,1-5H3,(H,15,16). The van der Waals surface area contributed by atoms with Crippen molar-refractivity contribution in [2.24, 2.45) is 0 Å². The summed E-state index contributed by atoms with van der Waals surface area (Å²) in [4.78, 5) is 10.8. The Morgan fingerprint density at radius 1 is 1.35 bits per heavy atom. The summed E-state index contributed by atoms with van der Waals surface area (Å²) in [5.41, 5.74) is 2.79. The Bertz CT molecular complexity index is 428. The van der Waals surface area contributed by atoms with Crippen LogP contribution < -0.4 is 4.74 Å². The Kier molecular flexibility index (Phi) is 3.81. The Labute approximate surface area is 102 Å². The predicted molar refractivity (Wildman–Crippen MR) is 67.8 cm³/mol. The molecule has 0 aliphatic carbocycles. The van der Waals surface area contributed by atoms with Crippen molar-refractivity contribution in [2.45, 2.75) is 39.5 Å². The smallest absolute Gasteiger partial charge is 0.307 e.